The SMILES string of the molecule is N#Cc1cc(F)cc(Nc2ncc(-c3cccc(C=CC(=O)O)c3)c(N3CCOCC3)n2)c1. The van der Waals surface area contributed by atoms with Gasteiger partial charge in [0, 0.05) is 36.6 Å². The largest absolute Gasteiger partial charge is 0.478 e. The van der Waals surface area contributed by atoms with Gasteiger partial charge < -0.3 is 20.1 Å². The normalized spacial score (nSPS) is 13.6. The van der Waals surface area contributed by atoms with Crippen molar-refractivity contribution >= 4 is 29.5 Å². The summed E-state index contributed by atoms with van der Waals surface area (Å²) in [6.45, 7) is 2.40. The first-order chi connectivity index (χ1) is 16.0. The number of carboxylic acid groups (broad SMARTS) is 1. The smallest absolute Gasteiger partial charge is 0.328 e. The monoisotopic (exact) mass is 445 g/mol. The minimum Gasteiger partial charge on any atom is -0.478 e. The standard InChI is InChI=1S/C24H20FN5O3/c25-19-11-17(14-26)12-20(13-19)28-24-27-15-21(23(29-24)30-6-8-33-9-7-30)18-3-1-2-16(10-18)4-5-22(31)32/h1-5,10-13,15H,6-9H2,(H,31,32)(H,27,28,29). The van der Waals surface area contributed by atoms with Crippen molar-refractivity contribution in [2.75, 3.05) is 36.5 Å². The molecule has 2 aromatic carbocycles. The Hall–Kier alpha value is -4.29. The van der Waals surface area contributed by atoms with Crippen molar-refractivity contribution in [2.45, 2.75) is 0 Å². The second kappa shape index (κ2) is 9.89. The highest BCUT2D eigenvalue weighted by atomic mass is 19.1. The molecular formula is C24H20FN5O3. The molecule has 0 radical (unpaired) electrons. The molecule has 1 fully saturated rings. The zero-order chi connectivity index (χ0) is 23.2. The van der Waals surface area contributed by atoms with E-state index >= 15 is 0 Å². The Balaban J connectivity index is 1.72. The van der Waals surface area contributed by atoms with Crippen molar-refractivity contribution in [1.29, 1.82) is 5.26 Å². The summed E-state index contributed by atoms with van der Waals surface area (Å²) in [6, 6.07) is 13.3. The van der Waals surface area contributed by atoms with E-state index in [0.717, 1.165) is 28.8 Å². The molecule has 1 aliphatic rings. The van der Waals surface area contributed by atoms with E-state index in [9.17, 15) is 9.18 Å². The highest BCUT2D eigenvalue weighted by Crippen LogP contribution is 2.31. The first kappa shape index (κ1) is 21.9. The number of morpholine rings is 1. The first-order valence-corrected chi connectivity index (χ1v) is 10.2. The Morgan fingerprint density at radius 3 is 2.82 bits per heavy atom. The van der Waals surface area contributed by atoms with Crippen LogP contribution in [-0.2, 0) is 9.53 Å². The fourth-order valence-electron chi connectivity index (χ4n) is 3.49. The van der Waals surface area contributed by atoms with E-state index in [-0.39, 0.29) is 11.5 Å². The maximum absolute atomic E-state index is 13.8. The number of halogens is 1. The molecular weight excluding hydrogens is 425 g/mol. The number of aliphatic carboxylic acids is 1. The fourth-order valence-corrected chi connectivity index (χ4v) is 3.49. The second-order valence-corrected chi connectivity index (χ2v) is 7.29. The van der Waals surface area contributed by atoms with Gasteiger partial charge in [0.15, 0.2) is 0 Å². The van der Waals surface area contributed by atoms with E-state index in [1.54, 1.807) is 6.20 Å². The Morgan fingerprint density at radius 1 is 1.24 bits per heavy atom. The number of anilines is 3. The number of carbonyl (C=O) groups is 1. The molecule has 8 nitrogen and oxygen atoms in total. The highest BCUT2D eigenvalue weighted by molar-refractivity contribution is 5.86. The zero-order valence-electron chi connectivity index (χ0n) is 17.5. The van der Waals surface area contributed by atoms with Gasteiger partial charge in [0.2, 0.25) is 5.95 Å². The van der Waals surface area contributed by atoms with Crippen molar-refractivity contribution in [2.24, 2.45) is 0 Å². The third-order valence-electron chi connectivity index (χ3n) is 4.98. The van der Waals surface area contributed by atoms with Crippen LogP contribution in [0.5, 0.6) is 0 Å². The molecule has 33 heavy (non-hydrogen) atoms. The van der Waals surface area contributed by atoms with Crippen molar-refractivity contribution < 1.29 is 19.0 Å². The molecule has 2 N–H and O–H groups in total. The van der Waals surface area contributed by atoms with Gasteiger partial charge in [-0.25, -0.2) is 14.2 Å². The molecule has 166 valence electrons. The van der Waals surface area contributed by atoms with Crippen LogP contribution in [0.3, 0.4) is 0 Å². The lowest BCUT2D eigenvalue weighted by Gasteiger charge is -2.29. The predicted octanol–water partition coefficient (Wildman–Crippen LogP) is 3.83. The minimum atomic E-state index is -1.02. The summed E-state index contributed by atoms with van der Waals surface area (Å²) in [7, 11) is 0. The Kier molecular flexibility index (Phi) is 6.57. The topological polar surface area (TPSA) is 111 Å². The van der Waals surface area contributed by atoms with Gasteiger partial charge in [-0.2, -0.15) is 10.2 Å². The van der Waals surface area contributed by atoms with Crippen LogP contribution in [0.25, 0.3) is 17.2 Å². The van der Waals surface area contributed by atoms with Crippen LogP contribution in [0.2, 0.25) is 0 Å². The molecule has 0 aliphatic carbocycles. The maximum atomic E-state index is 13.8. The minimum absolute atomic E-state index is 0.189. The number of rotatable bonds is 6. The lowest BCUT2D eigenvalue weighted by Crippen LogP contribution is -2.37. The van der Waals surface area contributed by atoms with Gasteiger partial charge >= 0.3 is 5.97 Å². The molecule has 0 saturated carbocycles. The quantitative estimate of drug-likeness (QED) is 0.551. The Bertz CT molecular complexity index is 1250. The third kappa shape index (κ3) is 5.50. The van der Waals surface area contributed by atoms with Crippen LogP contribution in [0.4, 0.5) is 21.8 Å². The average Bonchev–Trinajstić information content (AvgIpc) is 2.83. The molecule has 1 saturated heterocycles. The average molecular weight is 445 g/mol. The Morgan fingerprint density at radius 2 is 2.06 bits per heavy atom. The molecule has 0 atom stereocenters. The molecule has 2 heterocycles. The molecule has 0 amide bonds. The number of nitriles is 1. The molecule has 3 aromatic rings. The maximum Gasteiger partial charge on any atom is 0.328 e. The van der Waals surface area contributed by atoms with Crippen molar-refractivity contribution in [3.8, 4) is 17.2 Å². The van der Waals surface area contributed by atoms with Crippen LogP contribution in [0.1, 0.15) is 11.1 Å². The van der Waals surface area contributed by atoms with Crippen LogP contribution >= 0.6 is 0 Å². The van der Waals surface area contributed by atoms with E-state index in [4.69, 9.17) is 15.1 Å². The van der Waals surface area contributed by atoms with Gasteiger partial charge in [0.05, 0.1) is 24.8 Å². The number of aromatic nitrogens is 2. The number of ether oxygens (including phenoxy) is 1. The summed E-state index contributed by atoms with van der Waals surface area (Å²) in [6.07, 6.45) is 4.28. The van der Waals surface area contributed by atoms with Gasteiger partial charge in [0.25, 0.3) is 0 Å². The molecule has 0 unspecified atom stereocenters. The number of hydrogen-bond acceptors (Lipinski definition) is 7. The zero-order valence-corrected chi connectivity index (χ0v) is 17.5. The van der Waals surface area contributed by atoms with Crippen LogP contribution in [0.15, 0.2) is 54.7 Å². The molecule has 4 rings (SSSR count). The molecule has 0 bridgehead atoms. The van der Waals surface area contributed by atoms with Crippen molar-refractivity contribution in [3.05, 3.63) is 71.7 Å². The number of nitrogens with one attached hydrogen (secondary N) is 1. The van der Waals surface area contributed by atoms with Crippen molar-refractivity contribution in [3.63, 3.8) is 0 Å². The third-order valence-corrected chi connectivity index (χ3v) is 4.98. The van der Waals surface area contributed by atoms with Crippen LogP contribution in [-0.4, -0.2) is 47.3 Å². The Labute approximate surface area is 189 Å². The summed E-state index contributed by atoms with van der Waals surface area (Å²) in [5.74, 6) is -0.624. The number of hydrogen-bond donors (Lipinski definition) is 2. The highest BCUT2D eigenvalue weighted by Gasteiger charge is 2.19. The van der Waals surface area contributed by atoms with Gasteiger partial charge in [-0.3, -0.25) is 0 Å². The number of benzene rings is 2. The summed E-state index contributed by atoms with van der Waals surface area (Å²) in [4.78, 5) is 22.0. The van der Waals surface area contributed by atoms with Gasteiger partial charge in [0.1, 0.15) is 11.6 Å². The van der Waals surface area contributed by atoms with Gasteiger partial charge in [-0.1, -0.05) is 18.2 Å². The lowest BCUT2D eigenvalue weighted by atomic mass is 10.0. The number of carboxylic acids is 1. The van der Waals surface area contributed by atoms with Crippen LogP contribution < -0.4 is 10.2 Å². The van der Waals surface area contributed by atoms with Crippen molar-refractivity contribution in [1.82, 2.24) is 9.97 Å². The summed E-state index contributed by atoms with van der Waals surface area (Å²) >= 11 is 0. The predicted molar refractivity (Wildman–Crippen MR) is 122 cm³/mol. The molecule has 9 heteroatoms. The first-order valence-electron chi connectivity index (χ1n) is 10.2. The molecule has 1 aliphatic heterocycles. The van der Waals surface area contributed by atoms with E-state index < -0.39 is 11.8 Å². The van der Waals surface area contributed by atoms with E-state index in [2.05, 4.69) is 20.2 Å². The number of nitrogens with zero attached hydrogens (tertiary/aromatic N) is 4. The van der Waals surface area contributed by atoms with E-state index in [1.165, 1.54) is 18.2 Å². The molecule has 0 spiro atoms. The second-order valence-electron chi connectivity index (χ2n) is 7.29. The van der Waals surface area contributed by atoms with E-state index in [0.29, 0.717) is 37.8 Å². The van der Waals surface area contributed by atoms with E-state index in [1.807, 2.05) is 30.3 Å². The summed E-state index contributed by atoms with van der Waals surface area (Å²) < 4.78 is 19.3. The summed E-state index contributed by atoms with van der Waals surface area (Å²) in [5.41, 5.74) is 2.88. The van der Waals surface area contributed by atoms with Gasteiger partial charge in [-0.15, -0.1) is 0 Å². The van der Waals surface area contributed by atoms with Gasteiger partial charge in [-0.05, 0) is 41.5 Å². The lowest BCUT2D eigenvalue weighted by molar-refractivity contribution is -0.131. The molecule has 1 aromatic heterocycles. The summed E-state index contributed by atoms with van der Waals surface area (Å²) in [5, 5.41) is 21.0. The fraction of sp³-hybridized carbons (Fsp3) is 0.167. The van der Waals surface area contributed by atoms with Crippen LogP contribution in [0, 0.1) is 17.1 Å².